The number of benzene rings is 3. The summed E-state index contributed by atoms with van der Waals surface area (Å²) in [5.74, 6) is 1.61. The van der Waals surface area contributed by atoms with Crippen molar-refractivity contribution in [1.82, 2.24) is 5.32 Å². The SMILES string of the molecule is COc1ccc(Cl)cc1C(=O)NC(Cc1ccccc1)c1ccc2c(c1)OCCO2. The Morgan fingerprint density at radius 2 is 1.80 bits per heavy atom. The maximum Gasteiger partial charge on any atom is 0.255 e. The highest BCUT2D eigenvalue weighted by atomic mass is 35.5. The van der Waals surface area contributed by atoms with E-state index in [0.29, 0.717) is 47.5 Å². The fourth-order valence-electron chi connectivity index (χ4n) is 3.47. The molecule has 1 unspecified atom stereocenters. The van der Waals surface area contributed by atoms with Gasteiger partial charge in [0.15, 0.2) is 11.5 Å². The third-order valence-corrected chi connectivity index (χ3v) is 5.20. The second-order valence-electron chi connectivity index (χ2n) is 6.96. The van der Waals surface area contributed by atoms with Gasteiger partial charge in [0.2, 0.25) is 0 Å². The summed E-state index contributed by atoms with van der Waals surface area (Å²) in [6.45, 7) is 1.04. The first-order chi connectivity index (χ1) is 14.6. The summed E-state index contributed by atoms with van der Waals surface area (Å²) >= 11 is 6.11. The van der Waals surface area contributed by atoms with Gasteiger partial charge in [0, 0.05) is 5.02 Å². The molecule has 1 amide bonds. The summed E-state index contributed by atoms with van der Waals surface area (Å²) in [4.78, 5) is 13.1. The summed E-state index contributed by atoms with van der Waals surface area (Å²) in [6, 6.07) is 20.5. The standard InChI is InChI=1S/C24H22ClNO4/c1-28-21-10-8-18(25)15-19(21)24(27)26-20(13-16-5-3-2-4-6-16)17-7-9-22-23(14-17)30-12-11-29-22/h2-10,14-15,20H,11-13H2,1H3,(H,26,27). The molecule has 0 spiro atoms. The normalized spacial score (nSPS) is 13.4. The van der Waals surface area contributed by atoms with Crippen molar-refractivity contribution in [1.29, 1.82) is 0 Å². The van der Waals surface area contributed by atoms with Crippen LogP contribution < -0.4 is 19.5 Å². The Kier molecular flexibility index (Phi) is 6.10. The van der Waals surface area contributed by atoms with Crippen molar-refractivity contribution in [2.24, 2.45) is 0 Å². The third-order valence-electron chi connectivity index (χ3n) is 4.96. The Bertz CT molecular complexity index is 1040. The average molecular weight is 424 g/mol. The van der Waals surface area contributed by atoms with Gasteiger partial charge in [-0.15, -0.1) is 0 Å². The Labute approximate surface area is 180 Å². The maximum atomic E-state index is 13.1. The quantitative estimate of drug-likeness (QED) is 0.616. The van der Waals surface area contributed by atoms with E-state index >= 15 is 0 Å². The first-order valence-corrected chi connectivity index (χ1v) is 10.1. The van der Waals surface area contributed by atoms with E-state index < -0.39 is 0 Å². The van der Waals surface area contributed by atoms with Gasteiger partial charge >= 0.3 is 0 Å². The first kappa shape index (κ1) is 20.1. The van der Waals surface area contributed by atoms with Crippen LogP contribution in [-0.4, -0.2) is 26.2 Å². The molecule has 0 saturated carbocycles. The number of hydrogen-bond acceptors (Lipinski definition) is 4. The van der Waals surface area contributed by atoms with E-state index in [1.807, 2.05) is 48.5 Å². The smallest absolute Gasteiger partial charge is 0.255 e. The maximum absolute atomic E-state index is 13.1. The Hall–Kier alpha value is -3.18. The molecule has 0 bridgehead atoms. The van der Waals surface area contributed by atoms with Gasteiger partial charge in [-0.25, -0.2) is 0 Å². The average Bonchev–Trinajstić information content (AvgIpc) is 2.79. The molecule has 154 valence electrons. The Balaban J connectivity index is 1.65. The van der Waals surface area contributed by atoms with E-state index in [-0.39, 0.29) is 11.9 Å². The number of methoxy groups -OCH3 is 1. The number of rotatable bonds is 6. The van der Waals surface area contributed by atoms with E-state index in [1.165, 1.54) is 7.11 Å². The summed E-state index contributed by atoms with van der Waals surface area (Å²) in [5.41, 5.74) is 2.42. The van der Waals surface area contributed by atoms with Crippen molar-refractivity contribution in [2.45, 2.75) is 12.5 Å². The summed E-state index contributed by atoms with van der Waals surface area (Å²) in [7, 11) is 1.53. The molecular formula is C24H22ClNO4. The van der Waals surface area contributed by atoms with Crippen LogP contribution in [0.2, 0.25) is 5.02 Å². The van der Waals surface area contributed by atoms with Crippen LogP contribution >= 0.6 is 11.6 Å². The Morgan fingerprint density at radius 3 is 2.57 bits per heavy atom. The van der Waals surface area contributed by atoms with Gasteiger partial charge < -0.3 is 19.5 Å². The zero-order valence-corrected chi connectivity index (χ0v) is 17.3. The molecule has 0 saturated heterocycles. The van der Waals surface area contributed by atoms with Gasteiger partial charge in [-0.05, 0) is 47.9 Å². The minimum atomic E-state index is -0.278. The molecule has 0 aliphatic carbocycles. The largest absolute Gasteiger partial charge is 0.496 e. The van der Waals surface area contributed by atoms with E-state index in [9.17, 15) is 4.79 Å². The molecule has 0 aromatic heterocycles. The van der Waals surface area contributed by atoms with Crippen LogP contribution in [0.5, 0.6) is 17.2 Å². The molecule has 1 aliphatic rings. The lowest BCUT2D eigenvalue weighted by atomic mass is 9.97. The summed E-state index contributed by atoms with van der Waals surface area (Å²) in [6.07, 6.45) is 0.620. The van der Waals surface area contributed by atoms with Crippen LogP contribution in [0.25, 0.3) is 0 Å². The predicted molar refractivity (Wildman–Crippen MR) is 116 cm³/mol. The Morgan fingerprint density at radius 1 is 1.03 bits per heavy atom. The van der Waals surface area contributed by atoms with Gasteiger partial charge in [0.05, 0.1) is 18.7 Å². The molecule has 6 heteroatoms. The molecule has 30 heavy (non-hydrogen) atoms. The number of carbonyl (C=O) groups excluding carboxylic acids is 1. The van der Waals surface area contributed by atoms with Crippen LogP contribution in [0, 0.1) is 0 Å². The lowest BCUT2D eigenvalue weighted by Gasteiger charge is -2.23. The number of carbonyl (C=O) groups is 1. The van der Waals surface area contributed by atoms with Crippen LogP contribution in [0.3, 0.4) is 0 Å². The zero-order chi connectivity index (χ0) is 20.9. The van der Waals surface area contributed by atoms with Gasteiger partial charge in [0.1, 0.15) is 19.0 Å². The number of ether oxygens (including phenoxy) is 3. The van der Waals surface area contributed by atoms with Crippen molar-refractivity contribution < 1.29 is 19.0 Å². The number of amides is 1. The highest BCUT2D eigenvalue weighted by molar-refractivity contribution is 6.31. The van der Waals surface area contributed by atoms with Gasteiger partial charge in [-0.2, -0.15) is 0 Å². The molecule has 5 nitrogen and oxygen atoms in total. The minimum absolute atomic E-state index is 0.259. The van der Waals surface area contributed by atoms with Crippen LogP contribution in [0.4, 0.5) is 0 Å². The fourth-order valence-corrected chi connectivity index (χ4v) is 3.64. The molecule has 1 aliphatic heterocycles. The second-order valence-corrected chi connectivity index (χ2v) is 7.40. The molecule has 1 heterocycles. The minimum Gasteiger partial charge on any atom is -0.496 e. The number of nitrogens with one attached hydrogen (secondary N) is 1. The molecular weight excluding hydrogens is 402 g/mol. The van der Waals surface area contributed by atoms with Crippen molar-refractivity contribution in [2.75, 3.05) is 20.3 Å². The monoisotopic (exact) mass is 423 g/mol. The van der Waals surface area contributed by atoms with Crippen LogP contribution in [0.1, 0.15) is 27.5 Å². The fraction of sp³-hybridized carbons (Fsp3) is 0.208. The molecule has 1 N–H and O–H groups in total. The van der Waals surface area contributed by atoms with Crippen molar-refractivity contribution in [3.63, 3.8) is 0 Å². The number of fused-ring (bicyclic) bond motifs is 1. The number of hydrogen-bond donors (Lipinski definition) is 1. The van der Waals surface area contributed by atoms with E-state index in [2.05, 4.69) is 5.32 Å². The molecule has 0 fully saturated rings. The molecule has 3 aromatic rings. The highest BCUT2D eigenvalue weighted by Gasteiger charge is 2.22. The predicted octanol–water partition coefficient (Wildman–Crippen LogP) is 4.83. The lowest BCUT2D eigenvalue weighted by Crippen LogP contribution is -2.30. The van der Waals surface area contributed by atoms with Crippen molar-refractivity contribution in [3.05, 3.63) is 88.4 Å². The third kappa shape index (κ3) is 4.52. The van der Waals surface area contributed by atoms with Gasteiger partial charge in [-0.1, -0.05) is 48.0 Å². The highest BCUT2D eigenvalue weighted by Crippen LogP contribution is 2.34. The summed E-state index contributed by atoms with van der Waals surface area (Å²) < 4.78 is 16.7. The van der Waals surface area contributed by atoms with Gasteiger partial charge in [0.25, 0.3) is 5.91 Å². The van der Waals surface area contributed by atoms with Crippen molar-refractivity contribution >= 4 is 17.5 Å². The molecule has 1 atom stereocenters. The summed E-state index contributed by atoms with van der Waals surface area (Å²) in [5, 5.41) is 3.61. The van der Waals surface area contributed by atoms with Crippen molar-refractivity contribution in [3.8, 4) is 17.2 Å². The number of halogens is 1. The van der Waals surface area contributed by atoms with E-state index in [0.717, 1.165) is 11.1 Å². The lowest BCUT2D eigenvalue weighted by molar-refractivity contribution is 0.0933. The van der Waals surface area contributed by atoms with Gasteiger partial charge in [-0.3, -0.25) is 4.79 Å². The van der Waals surface area contributed by atoms with Crippen LogP contribution in [-0.2, 0) is 6.42 Å². The second kappa shape index (κ2) is 9.09. The molecule has 0 radical (unpaired) electrons. The van der Waals surface area contributed by atoms with E-state index in [4.69, 9.17) is 25.8 Å². The zero-order valence-electron chi connectivity index (χ0n) is 16.6. The first-order valence-electron chi connectivity index (χ1n) is 9.72. The molecule has 4 rings (SSSR count). The van der Waals surface area contributed by atoms with E-state index in [1.54, 1.807) is 18.2 Å². The molecule has 3 aromatic carbocycles. The topological polar surface area (TPSA) is 56.8 Å². The van der Waals surface area contributed by atoms with Crippen LogP contribution in [0.15, 0.2) is 66.7 Å².